The van der Waals surface area contributed by atoms with Crippen LogP contribution in [-0.4, -0.2) is 24.3 Å². The van der Waals surface area contributed by atoms with Crippen LogP contribution >= 0.6 is 22.6 Å². The van der Waals surface area contributed by atoms with Crippen LogP contribution in [-0.2, 0) is 9.53 Å². The van der Waals surface area contributed by atoms with Gasteiger partial charge in [0.25, 0.3) is 0 Å². The fraction of sp³-hybridized carbons (Fsp3) is 0.625. The first kappa shape index (κ1) is 11.9. The fourth-order valence-corrected chi connectivity index (χ4v) is 1.47. The number of halogens is 1. The molecule has 4 heteroatoms. The van der Waals surface area contributed by atoms with Gasteiger partial charge in [0, 0.05) is 0 Å². The van der Waals surface area contributed by atoms with E-state index in [0.29, 0.717) is 12.0 Å². The van der Waals surface area contributed by atoms with E-state index >= 15 is 0 Å². The van der Waals surface area contributed by atoms with Gasteiger partial charge in [-0.2, -0.15) is 0 Å². The van der Waals surface area contributed by atoms with Crippen molar-refractivity contribution in [3.8, 4) is 0 Å². The van der Waals surface area contributed by atoms with Crippen molar-refractivity contribution in [2.24, 2.45) is 0 Å². The Balaban J connectivity index is 4.25. The predicted molar refractivity (Wildman–Crippen MR) is 55.0 cm³/mol. The number of methoxy groups -OCH3 is 1. The number of rotatable bonds is 4. The maximum Gasteiger partial charge on any atom is 0.336 e. The summed E-state index contributed by atoms with van der Waals surface area (Å²) in [4.78, 5) is 11.0. The minimum absolute atomic E-state index is 0.333. The number of aliphatic hydroxyl groups is 1. The minimum Gasteiger partial charge on any atom is -0.466 e. The third-order valence-electron chi connectivity index (χ3n) is 1.46. The molecule has 1 N–H and O–H groups in total. The summed E-state index contributed by atoms with van der Waals surface area (Å²) >= 11 is 1.92. The molecule has 0 rings (SSSR count). The van der Waals surface area contributed by atoms with Crippen molar-refractivity contribution < 1.29 is 14.6 Å². The SMILES string of the molecule is CCCC(O)/C(=C/I)C(=O)OC. The summed E-state index contributed by atoms with van der Waals surface area (Å²) in [6, 6.07) is 0. The van der Waals surface area contributed by atoms with E-state index in [0.717, 1.165) is 6.42 Å². The third-order valence-corrected chi connectivity index (χ3v) is 2.13. The lowest BCUT2D eigenvalue weighted by molar-refractivity contribution is -0.137. The zero-order valence-electron chi connectivity index (χ0n) is 7.21. The summed E-state index contributed by atoms with van der Waals surface area (Å²) < 4.78 is 6.06. The van der Waals surface area contributed by atoms with Crippen molar-refractivity contribution in [1.29, 1.82) is 0 Å². The van der Waals surface area contributed by atoms with E-state index in [2.05, 4.69) is 4.74 Å². The van der Waals surface area contributed by atoms with Crippen LogP contribution in [0.1, 0.15) is 19.8 Å². The van der Waals surface area contributed by atoms with Crippen molar-refractivity contribution in [3.05, 3.63) is 9.66 Å². The highest BCUT2D eigenvalue weighted by Crippen LogP contribution is 2.12. The highest BCUT2D eigenvalue weighted by Gasteiger charge is 2.17. The van der Waals surface area contributed by atoms with Crippen LogP contribution in [0.4, 0.5) is 0 Å². The van der Waals surface area contributed by atoms with Gasteiger partial charge in [-0.25, -0.2) is 4.79 Å². The molecule has 0 aliphatic carbocycles. The van der Waals surface area contributed by atoms with Crippen LogP contribution in [0, 0.1) is 0 Å². The molecule has 12 heavy (non-hydrogen) atoms. The van der Waals surface area contributed by atoms with E-state index in [1.54, 1.807) is 4.08 Å². The number of hydrogen-bond acceptors (Lipinski definition) is 3. The van der Waals surface area contributed by atoms with E-state index in [1.165, 1.54) is 7.11 Å². The Morgan fingerprint density at radius 1 is 1.75 bits per heavy atom. The zero-order chi connectivity index (χ0) is 9.56. The maximum absolute atomic E-state index is 11.0. The van der Waals surface area contributed by atoms with Crippen molar-refractivity contribution >= 4 is 28.6 Å². The van der Waals surface area contributed by atoms with E-state index in [9.17, 15) is 9.90 Å². The van der Waals surface area contributed by atoms with Crippen LogP contribution in [0.3, 0.4) is 0 Å². The number of carbonyl (C=O) groups excluding carboxylic acids is 1. The molecule has 0 heterocycles. The number of esters is 1. The first-order valence-corrected chi connectivity index (χ1v) is 4.98. The van der Waals surface area contributed by atoms with Crippen molar-refractivity contribution in [1.82, 2.24) is 0 Å². The Labute approximate surface area is 85.9 Å². The summed E-state index contributed by atoms with van der Waals surface area (Å²) in [6.07, 6.45) is 0.732. The Morgan fingerprint density at radius 2 is 2.33 bits per heavy atom. The molecule has 0 radical (unpaired) electrons. The van der Waals surface area contributed by atoms with E-state index in [4.69, 9.17) is 0 Å². The van der Waals surface area contributed by atoms with Gasteiger partial charge in [0.05, 0.1) is 18.8 Å². The number of hydrogen-bond donors (Lipinski definition) is 1. The van der Waals surface area contributed by atoms with E-state index in [1.807, 2.05) is 29.5 Å². The first-order valence-electron chi connectivity index (χ1n) is 3.74. The molecule has 0 aromatic rings. The molecule has 0 bridgehead atoms. The van der Waals surface area contributed by atoms with Crippen LogP contribution in [0.25, 0.3) is 0 Å². The van der Waals surface area contributed by atoms with Gasteiger partial charge < -0.3 is 9.84 Å². The highest BCUT2D eigenvalue weighted by molar-refractivity contribution is 14.1. The van der Waals surface area contributed by atoms with Crippen LogP contribution < -0.4 is 0 Å². The van der Waals surface area contributed by atoms with Gasteiger partial charge in [-0.1, -0.05) is 35.9 Å². The predicted octanol–water partition coefficient (Wildman–Crippen LogP) is 1.64. The van der Waals surface area contributed by atoms with Crippen molar-refractivity contribution in [2.45, 2.75) is 25.9 Å². The largest absolute Gasteiger partial charge is 0.466 e. The van der Waals surface area contributed by atoms with Crippen LogP contribution in [0.5, 0.6) is 0 Å². The summed E-state index contributed by atoms with van der Waals surface area (Å²) in [6.45, 7) is 1.95. The molecule has 70 valence electrons. The Morgan fingerprint density at radius 3 is 2.67 bits per heavy atom. The van der Waals surface area contributed by atoms with Crippen LogP contribution in [0.15, 0.2) is 9.66 Å². The molecule has 0 spiro atoms. The first-order chi connectivity index (χ1) is 5.67. The number of carbonyl (C=O) groups is 1. The lowest BCUT2D eigenvalue weighted by atomic mass is 10.1. The van der Waals surface area contributed by atoms with E-state index < -0.39 is 12.1 Å². The zero-order valence-corrected chi connectivity index (χ0v) is 9.37. The Hall–Kier alpha value is -0.100. The smallest absolute Gasteiger partial charge is 0.336 e. The van der Waals surface area contributed by atoms with Gasteiger partial charge in [-0.3, -0.25) is 0 Å². The van der Waals surface area contributed by atoms with Gasteiger partial charge in [-0.15, -0.1) is 0 Å². The monoisotopic (exact) mass is 284 g/mol. The number of ether oxygens (including phenoxy) is 1. The third kappa shape index (κ3) is 3.53. The van der Waals surface area contributed by atoms with Crippen molar-refractivity contribution in [3.63, 3.8) is 0 Å². The molecule has 0 aromatic carbocycles. The molecular formula is C8H13IO3. The molecule has 0 fully saturated rings. The van der Waals surface area contributed by atoms with Gasteiger partial charge >= 0.3 is 5.97 Å². The van der Waals surface area contributed by atoms with Crippen molar-refractivity contribution in [2.75, 3.05) is 7.11 Å². The molecule has 0 saturated carbocycles. The molecule has 0 aliphatic rings. The second-order valence-electron chi connectivity index (χ2n) is 2.36. The maximum atomic E-state index is 11.0. The average Bonchev–Trinajstić information content (AvgIpc) is 2.06. The van der Waals surface area contributed by atoms with Gasteiger partial charge in [-0.05, 0) is 10.5 Å². The number of aliphatic hydroxyl groups excluding tert-OH is 1. The minimum atomic E-state index is -0.695. The lowest BCUT2D eigenvalue weighted by Crippen LogP contribution is -2.18. The topological polar surface area (TPSA) is 46.5 Å². The quantitative estimate of drug-likeness (QED) is 0.485. The molecule has 3 nitrogen and oxygen atoms in total. The second kappa shape index (κ2) is 6.42. The normalized spacial score (nSPS) is 14.2. The highest BCUT2D eigenvalue weighted by atomic mass is 127. The van der Waals surface area contributed by atoms with E-state index in [-0.39, 0.29) is 0 Å². The fourth-order valence-electron chi connectivity index (χ4n) is 0.800. The molecule has 0 amide bonds. The second-order valence-corrected chi connectivity index (χ2v) is 2.98. The molecule has 1 atom stereocenters. The summed E-state index contributed by atoms with van der Waals surface area (Å²) in [5.74, 6) is -0.453. The lowest BCUT2D eigenvalue weighted by Gasteiger charge is -2.10. The van der Waals surface area contributed by atoms with Gasteiger partial charge in [0.2, 0.25) is 0 Å². The van der Waals surface area contributed by atoms with Crippen LogP contribution in [0.2, 0.25) is 0 Å². The Kier molecular flexibility index (Phi) is 6.37. The summed E-state index contributed by atoms with van der Waals surface area (Å²) in [5.41, 5.74) is 0.333. The molecule has 0 aromatic heterocycles. The average molecular weight is 284 g/mol. The van der Waals surface area contributed by atoms with Gasteiger partial charge in [0.1, 0.15) is 0 Å². The molecule has 0 saturated heterocycles. The summed E-state index contributed by atoms with van der Waals surface area (Å²) in [7, 11) is 1.31. The summed E-state index contributed by atoms with van der Waals surface area (Å²) in [5, 5.41) is 9.44. The Bertz CT molecular complexity index is 177. The molecule has 0 aliphatic heterocycles. The van der Waals surface area contributed by atoms with Gasteiger partial charge in [0.15, 0.2) is 0 Å². The molecular weight excluding hydrogens is 271 g/mol. The molecule has 1 unspecified atom stereocenters. The standard InChI is InChI=1S/C8H13IO3/c1-3-4-7(10)6(5-9)8(11)12-2/h5,7,10H,3-4H2,1-2H3/b6-5-.